The highest BCUT2D eigenvalue weighted by atomic mass is 19.4. The molecule has 21 heavy (non-hydrogen) atoms. The Morgan fingerprint density at radius 2 is 2.14 bits per heavy atom. The normalized spacial score (nSPS) is 25.8. The van der Waals surface area contributed by atoms with Crippen LogP contribution in [0.4, 0.5) is 13.2 Å². The van der Waals surface area contributed by atoms with Gasteiger partial charge in [-0.2, -0.15) is 13.2 Å². The van der Waals surface area contributed by atoms with E-state index >= 15 is 0 Å². The molecule has 0 radical (unpaired) electrons. The van der Waals surface area contributed by atoms with Gasteiger partial charge in [-0.25, -0.2) is 0 Å². The lowest BCUT2D eigenvalue weighted by atomic mass is 9.74. The maximum absolute atomic E-state index is 13.3. The fourth-order valence-corrected chi connectivity index (χ4v) is 2.85. The number of benzene rings is 1. The molecule has 7 heteroatoms. The quantitative estimate of drug-likeness (QED) is 0.894. The molecule has 0 aromatic heterocycles. The third kappa shape index (κ3) is 2.57. The molecule has 4 nitrogen and oxygen atoms in total. The van der Waals surface area contributed by atoms with Crippen LogP contribution in [-0.2, 0) is 11.2 Å². The molecule has 1 aromatic carbocycles. The van der Waals surface area contributed by atoms with E-state index in [9.17, 15) is 23.1 Å². The monoisotopic (exact) mass is 303 g/mol. The summed E-state index contributed by atoms with van der Waals surface area (Å²) in [5.41, 5.74) is -2.18. The minimum absolute atomic E-state index is 0.00383. The van der Waals surface area contributed by atoms with Crippen LogP contribution >= 0.6 is 0 Å². The van der Waals surface area contributed by atoms with E-state index in [0.717, 1.165) is 0 Å². The van der Waals surface area contributed by atoms with Gasteiger partial charge in [-0.3, -0.25) is 4.79 Å². The Hall–Kier alpha value is -1.76. The number of hydrogen-bond donors (Lipinski definition) is 2. The Morgan fingerprint density at radius 3 is 2.71 bits per heavy atom. The zero-order valence-electron chi connectivity index (χ0n) is 11.4. The number of carbonyl (C=O) groups is 1. The van der Waals surface area contributed by atoms with Gasteiger partial charge in [0.05, 0.1) is 7.11 Å². The molecule has 1 aliphatic heterocycles. The molecule has 0 spiro atoms. The number of nitrogens with one attached hydrogen (secondary N) is 1. The van der Waals surface area contributed by atoms with Crippen LogP contribution in [0.15, 0.2) is 24.3 Å². The first-order valence-electron chi connectivity index (χ1n) is 6.45. The van der Waals surface area contributed by atoms with Gasteiger partial charge in [0.1, 0.15) is 5.75 Å². The summed E-state index contributed by atoms with van der Waals surface area (Å²) in [5, 5.41) is 11.8. The van der Waals surface area contributed by atoms with Crippen molar-refractivity contribution >= 4 is 5.97 Å². The average Bonchev–Trinajstić information content (AvgIpc) is 2.83. The molecule has 1 aromatic rings. The molecule has 0 bridgehead atoms. The molecule has 1 aliphatic rings. The van der Waals surface area contributed by atoms with Gasteiger partial charge in [0.25, 0.3) is 0 Å². The van der Waals surface area contributed by atoms with E-state index in [1.807, 2.05) is 0 Å². The maximum atomic E-state index is 13.3. The minimum atomic E-state index is -4.81. The van der Waals surface area contributed by atoms with E-state index in [1.54, 1.807) is 24.3 Å². The molecule has 1 fully saturated rings. The summed E-state index contributed by atoms with van der Waals surface area (Å²) in [7, 11) is 1.43. The molecule has 0 saturated carbocycles. The summed E-state index contributed by atoms with van der Waals surface area (Å²) < 4.78 is 45.2. The van der Waals surface area contributed by atoms with Gasteiger partial charge >= 0.3 is 12.1 Å². The predicted octanol–water partition coefficient (Wildman–Crippen LogP) is 2.09. The minimum Gasteiger partial charge on any atom is -0.496 e. The molecule has 0 unspecified atom stereocenters. The maximum Gasteiger partial charge on any atom is 0.406 e. The first-order valence-corrected chi connectivity index (χ1v) is 6.45. The van der Waals surface area contributed by atoms with Crippen molar-refractivity contribution in [3.63, 3.8) is 0 Å². The number of carboxylic acids is 1. The summed E-state index contributed by atoms with van der Waals surface area (Å²) in [5.74, 6) is -2.45. The number of ether oxygens (including phenoxy) is 1. The van der Waals surface area contributed by atoms with Crippen LogP contribution in [0.5, 0.6) is 5.75 Å². The average molecular weight is 303 g/mol. The number of methoxy groups -OCH3 is 1. The second kappa shape index (κ2) is 5.55. The van der Waals surface area contributed by atoms with Gasteiger partial charge in [-0.1, -0.05) is 18.2 Å². The molecule has 1 saturated heterocycles. The van der Waals surface area contributed by atoms with Crippen LogP contribution in [-0.4, -0.2) is 37.5 Å². The highest BCUT2D eigenvalue weighted by Crippen LogP contribution is 2.48. The van der Waals surface area contributed by atoms with Crippen LogP contribution < -0.4 is 10.1 Å². The molecule has 0 amide bonds. The lowest BCUT2D eigenvalue weighted by molar-refractivity contribution is -0.236. The first kappa shape index (κ1) is 15.6. The highest BCUT2D eigenvalue weighted by Gasteiger charge is 2.66. The first-order chi connectivity index (χ1) is 9.83. The summed E-state index contributed by atoms with van der Waals surface area (Å²) in [6, 6.07) is 6.70. The van der Waals surface area contributed by atoms with Gasteiger partial charge in [0.15, 0.2) is 5.41 Å². The van der Waals surface area contributed by atoms with Crippen molar-refractivity contribution in [3.05, 3.63) is 29.8 Å². The lowest BCUT2D eigenvalue weighted by Gasteiger charge is -2.32. The summed E-state index contributed by atoms with van der Waals surface area (Å²) in [6.45, 7) is -0.602. The lowest BCUT2D eigenvalue weighted by Crippen LogP contribution is -2.51. The zero-order chi connectivity index (χ0) is 15.7. The SMILES string of the molecule is COc1ccccc1C[C@@H]1CNC[C@@]1(C(=O)O)C(F)(F)F. The number of para-hydroxylation sites is 1. The molecule has 0 aliphatic carbocycles. The van der Waals surface area contributed by atoms with Crippen LogP contribution in [0.1, 0.15) is 5.56 Å². The Kier molecular flexibility index (Phi) is 4.13. The van der Waals surface area contributed by atoms with E-state index in [0.29, 0.717) is 11.3 Å². The number of hydrogen-bond acceptors (Lipinski definition) is 3. The van der Waals surface area contributed by atoms with Crippen molar-refractivity contribution in [2.45, 2.75) is 12.6 Å². The van der Waals surface area contributed by atoms with E-state index in [1.165, 1.54) is 7.11 Å². The van der Waals surface area contributed by atoms with E-state index in [4.69, 9.17) is 4.74 Å². The zero-order valence-corrected chi connectivity index (χ0v) is 11.4. The summed E-state index contributed by atoms with van der Waals surface area (Å²) >= 11 is 0. The Labute approximate surface area is 119 Å². The van der Waals surface area contributed by atoms with E-state index in [-0.39, 0.29) is 13.0 Å². The van der Waals surface area contributed by atoms with Crippen LogP contribution in [0.2, 0.25) is 0 Å². The topological polar surface area (TPSA) is 58.6 Å². The number of halogens is 3. The van der Waals surface area contributed by atoms with Crippen molar-refractivity contribution in [3.8, 4) is 5.75 Å². The van der Waals surface area contributed by atoms with Gasteiger partial charge in [0, 0.05) is 12.5 Å². The Bertz CT molecular complexity index is 532. The van der Waals surface area contributed by atoms with E-state index in [2.05, 4.69) is 5.32 Å². The molecule has 2 rings (SSSR count). The van der Waals surface area contributed by atoms with Crippen molar-refractivity contribution in [2.75, 3.05) is 20.2 Å². The second-order valence-electron chi connectivity index (χ2n) is 5.12. The second-order valence-corrected chi connectivity index (χ2v) is 5.12. The molecular formula is C14H16F3NO3. The van der Waals surface area contributed by atoms with E-state index < -0.39 is 30.0 Å². The Morgan fingerprint density at radius 1 is 1.48 bits per heavy atom. The van der Waals surface area contributed by atoms with Crippen LogP contribution in [0.25, 0.3) is 0 Å². The molecular weight excluding hydrogens is 287 g/mol. The van der Waals surface area contributed by atoms with Crippen molar-refractivity contribution in [2.24, 2.45) is 11.3 Å². The molecule has 2 atom stereocenters. The highest BCUT2D eigenvalue weighted by molar-refractivity contribution is 5.77. The van der Waals surface area contributed by atoms with Gasteiger partial charge < -0.3 is 15.2 Å². The predicted molar refractivity (Wildman–Crippen MR) is 69.2 cm³/mol. The molecule has 1 heterocycles. The van der Waals surface area contributed by atoms with Crippen LogP contribution in [0.3, 0.4) is 0 Å². The van der Waals surface area contributed by atoms with Gasteiger partial charge in [-0.05, 0) is 24.6 Å². The third-order valence-electron chi connectivity index (χ3n) is 4.04. The van der Waals surface area contributed by atoms with Gasteiger partial charge in [-0.15, -0.1) is 0 Å². The van der Waals surface area contributed by atoms with Crippen LogP contribution in [0, 0.1) is 11.3 Å². The van der Waals surface area contributed by atoms with Crippen molar-refractivity contribution in [1.29, 1.82) is 0 Å². The fraction of sp³-hybridized carbons (Fsp3) is 0.500. The largest absolute Gasteiger partial charge is 0.496 e. The fourth-order valence-electron chi connectivity index (χ4n) is 2.85. The number of aliphatic carboxylic acids is 1. The number of rotatable bonds is 4. The van der Waals surface area contributed by atoms with Crippen molar-refractivity contribution in [1.82, 2.24) is 5.32 Å². The van der Waals surface area contributed by atoms with Gasteiger partial charge in [0.2, 0.25) is 0 Å². The number of carboxylic acid groups (broad SMARTS) is 1. The molecule has 2 N–H and O–H groups in total. The molecule has 116 valence electrons. The summed E-state index contributed by atoms with van der Waals surface area (Å²) in [6.07, 6.45) is -4.82. The van der Waals surface area contributed by atoms with Crippen molar-refractivity contribution < 1.29 is 27.8 Å². The number of alkyl halides is 3. The Balaban J connectivity index is 2.36. The smallest absolute Gasteiger partial charge is 0.406 e. The summed E-state index contributed by atoms with van der Waals surface area (Å²) in [4.78, 5) is 11.3. The third-order valence-corrected chi connectivity index (χ3v) is 4.04. The standard InChI is InChI=1S/C14H16F3NO3/c1-21-11-5-3-2-4-9(11)6-10-7-18-8-13(10,12(19)20)14(15,16)17/h2-5,10,18H,6-8H2,1H3,(H,19,20)/t10-,13-/m1/s1.